The lowest BCUT2D eigenvalue weighted by molar-refractivity contribution is -0.119. The van der Waals surface area contributed by atoms with Gasteiger partial charge in [-0.15, -0.1) is 11.8 Å². The van der Waals surface area contributed by atoms with Gasteiger partial charge >= 0.3 is 6.01 Å². The molecule has 1 N–H and O–H groups in total. The first-order chi connectivity index (χ1) is 11.8. The van der Waals surface area contributed by atoms with E-state index in [1.54, 1.807) is 30.9 Å². The molecule has 0 aliphatic heterocycles. The van der Waals surface area contributed by atoms with Crippen molar-refractivity contribution in [3.05, 3.63) is 43.0 Å². The topological polar surface area (TPSA) is 77.0 Å². The van der Waals surface area contributed by atoms with E-state index in [2.05, 4.69) is 20.3 Å². The van der Waals surface area contributed by atoms with Crippen LogP contribution in [0.15, 0.2) is 47.9 Å². The lowest BCUT2D eigenvalue weighted by atomic mass is 9.93. The van der Waals surface area contributed by atoms with E-state index in [1.165, 1.54) is 11.8 Å². The second kappa shape index (κ2) is 8.63. The van der Waals surface area contributed by atoms with Crippen LogP contribution in [0.5, 0.6) is 6.01 Å². The van der Waals surface area contributed by atoms with Gasteiger partial charge in [0.1, 0.15) is 6.10 Å². The summed E-state index contributed by atoms with van der Waals surface area (Å²) >= 11 is 1.53. The average molecular weight is 344 g/mol. The van der Waals surface area contributed by atoms with Gasteiger partial charge in [-0.25, -0.2) is 9.97 Å². The Labute approximate surface area is 145 Å². The van der Waals surface area contributed by atoms with Gasteiger partial charge in [0, 0.05) is 35.7 Å². The Morgan fingerprint density at radius 2 is 1.83 bits per heavy atom. The van der Waals surface area contributed by atoms with Crippen molar-refractivity contribution in [1.82, 2.24) is 20.3 Å². The van der Waals surface area contributed by atoms with Crippen LogP contribution in [0.4, 0.5) is 0 Å². The number of nitrogens with zero attached hydrogens (tertiary/aromatic N) is 3. The summed E-state index contributed by atoms with van der Waals surface area (Å²) < 4.78 is 5.77. The van der Waals surface area contributed by atoms with Crippen LogP contribution < -0.4 is 10.1 Å². The molecule has 126 valence electrons. The van der Waals surface area contributed by atoms with E-state index in [4.69, 9.17) is 4.74 Å². The molecule has 24 heavy (non-hydrogen) atoms. The molecule has 0 aromatic carbocycles. The molecule has 6 nitrogen and oxygen atoms in total. The molecule has 0 saturated heterocycles. The number of hydrogen-bond donors (Lipinski definition) is 1. The predicted octanol–water partition coefficient (Wildman–Crippen LogP) is 2.47. The molecule has 2 aromatic rings. The number of amides is 1. The molecular weight excluding hydrogens is 324 g/mol. The van der Waals surface area contributed by atoms with Gasteiger partial charge in [-0.2, -0.15) is 0 Å². The third-order valence-corrected chi connectivity index (χ3v) is 4.89. The van der Waals surface area contributed by atoms with E-state index in [9.17, 15) is 4.79 Å². The number of aromatic nitrogens is 3. The molecule has 2 heterocycles. The van der Waals surface area contributed by atoms with Crippen LogP contribution in [-0.2, 0) is 4.79 Å². The number of hydrogen-bond acceptors (Lipinski definition) is 6. The molecule has 2 aromatic heterocycles. The highest BCUT2D eigenvalue weighted by Gasteiger charge is 2.24. The monoisotopic (exact) mass is 344 g/mol. The Bertz CT molecular complexity index is 634. The summed E-state index contributed by atoms with van der Waals surface area (Å²) in [5.41, 5.74) is 0. The molecule has 3 rings (SSSR count). The molecule has 0 spiro atoms. The van der Waals surface area contributed by atoms with Gasteiger partial charge in [0.15, 0.2) is 0 Å². The van der Waals surface area contributed by atoms with E-state index < -0.39 is 0 Å². The number of nitrogens with one attached hydrogen (secondary N) is 1. The second-order valence-electron chi connectivity index (χ2n) is 5.66. The summed E-state index contributed by atoms with van der Waals surface area (Å²) in [7, 11) is 0. The average Bonchev–Trinajstić information content (AvgIpc) is 2.63. The maximum atomic E-state index is 12.1. The lowest BCUT2D eigenvalue weighted by Crippen LogP contribution is -2.40. The first-order valence-electron chi connectivity index (χ1n) is 8.05. The summed E-state index contributed by atoms with van der Waals surface area (Å²) in [5.74, 6) is 0.505. The van der Waals surface area contributed by atoms with E-state index >= 15 is 0 Å². The van der Waals surface area contributed by atoms with Crippen LogP contribution in [0, 0.1) is 0 Å². The normalized spacial score (nSPS) is 20.3. The summed E-state index contributed by atoms with van der Waals surface area (Å²) in [4.78, 5) is 25.2. The van der Waals surface area contributed by atoms with E-state index in [-0.39, 0.29) is 18.1 Å². The van der Waals surface area contributed by atoms with Crippen molar-refractivity contribution in [3.63, 3.8) is 0 Å². The minimum absolute atomic E-state index is 0.0765. The molecule has 0 radical (unpaired) electrons. The van der Waals surface area contributed by atoms with Crippen LogP contribution in [0.25, 0.3) is 0 Å². The van der Waals surface area contributed by atoms with Crippen molar-refractivity contribution in [3.8, 4) is 6.01 Å². The Kier molecular flexibility index (Phi) is 6.01. The van der Waals surface area contributed by atoms with E-state index in [0.717, 1.165) is 30.6 Å². The van der Waals surface area contributed by atoms with Gasteiger partial charge in [-0.1, -0.05) is 0 Å². The van der Waals surface area contributed by atoms with Crippen molar-refractivity contribution < 1.29 is 9.53 Å². The zero-order valence-corrected chi connectivity index (χ0v) is 14.1. The van der Waals surface area contributed by atoms with Crippen LogP contribution in [0.3, 0.4) is 0 Å². The Balaban J connectivity index is 1.36. The Morgan fingerprint density at radius 1 is 1.12 bits per heavy atom. The highest BCUT2D eigenvalue weighted by atomic mass is 32.2. The standard InChI is InChI=1S/C17H20N4O2S/c22-16(12-24-15-6-10-18-11-7-15)21-13-2-4-14(5-3-13)23-17-19-8-1-9-20-17/h1,6-11,13-14H,2-5,12H2,(H,21,22). The van der Waals surface area contributed by atoms with Crippen molar-refractivity contribution in [1.29, 1.82) is 0 Å². The summed E-state index contributed by atoms with van der Waals surface area (Å²) in [5, 5.41) is 3.11. The number of carbonyl (C=O) groups is 1. The van der Waals surface area contributed by atoms with Crippen LogP contribution in [-0.4, -0.2) is 38.8 Å². The molecule has 0 bridgehead atoms. The van der Waals surface area contributed by atoms with Crippen molar-refractivity contribution >= 4 is 17.7 Å². The van der Waals surface area contributed by atoms with Crippen LogP contribution >= 0.6 is 11.8 Å². The molecule has 1 aliphatic rings. The fourth-order valence-corrected chi connectivity index (χ4v) is 3.37. The minimum atomic E-state index is 0.0765. The SMILES string of the molecule is O=C(CSc1ccncc1)NC1CCC(Oc2ncccn2)CC1. The maximum Gasteiger partial charge on any atom is 0.316 e. The zero-order chi connectivity index (χ0) is 16.6. The first-order valence-corrected chi connectivity index (χ1v) is 9.04. The molecule has 1 amide bonds. The zero-order valence-electron chi connectivity index (χ0n) is 13.3. The molecule has 0 atom stereocenters. The van der Waals surface area contributed by atoms with E-state index in [1.807, 2.05) is 12.1 Å². The van der Waals surface area contributed by atoms with Crippen molar-refractivity contribution in [2.45, 2.75) is 42.7 Å². The first kappa shape index (κ1) is 16.7. The number of rotatable bonds is 6. The molecule has 7 heteroatoms. The quantitative estimate of drug-likeness (QED) is 0.811. The molecule has 1 fully saturated rings. The number of thioether (sulfide) groups is 1. The van der Waals surface area contributed by atoms with Gasteiger partial charge < -0.3 is 10.1 Å². The molecular formula is C17H20N4O2S. The number of pyridine rings is 1. The molecule has 1 saturated carbocycles. The highest BCUT2D eigenvalue weighted by molar-refractivity contribution is 8.00. The third-order valence-electron chi connectivity index (χ3n) is 3.87. The minimum Gasteiger partial charge on any atom is -0.460 e. The summed E-state index contributed by atoms with van der Waals surface area (Å²) in [6, 6.07) is 6.24. The number of carbonyl (C=O) groups excluding carboxylic acids is 1. The van der Waals surface area contributed by atoms with Gasteiger partial charge in [0.2, 0.25) is 5.91 Å². The van der Waals surface area contributed by atoms with E-state index in [0.29, 0.717) is 11.8 Å². The fourth-order valence-electron chi connectivity index (χ4n) is 2.67. The largest absolute Gasteiger partial charge is 0.460 e. The molecule has 0 unspecified atom stereocenters. The van der Waals surface area contributed by atoms with Gasteiger partial charge in [-0.05, 0) is 43.9 Å². The third kappa shape index (κ3) is 5.19. The maximum absolute atomic E-state index is 12.1. The predicted molar refractivity (Wildman–Crippen MR) is 91.8 cm³/mol. The summed E-state index contributed by atoms with van der Waals surface area (Å²) in [6.07, 6.45) is 10.6. The highest BCUT2D eigenvalue weighted by Crippen LogP contribution is 2.22. The summed E-state index contributed by atoms with van der Waals surface area (Å²) in [6.45, 7) is 0. The number of ether oxygens (including phenoxy) is 1. The lowest BCUT2D eigenvalue weighted by Gasteiger charge is -2.28. The fraction of sp³-hybridized carbons (Fsp3) is 0.412. The van der Waals surface area contributed by atoms with Crippen molar-refractivity contribution in [2.75, 3.05) is 5.75 Å². The van der Waals surface area contributed by atoms with Crippen LogP contribution in [0.1, 0.15) is 25.7 Å². The van der Waals surface area contributed by atoms with Crippen LogP contribution in [0.2, 0.25) is 0 Å². The second-order valence-corrected chi connectivity index (χ2v) is 6.71. The Morgan fingerprint density at radius 3 is 2.54 bits per heavy atom. The van der Waals surface area contributed by atoms with Gasteiger partial charge in [0.05, 0.1) is 5.75 Å². The Hall–Kier alpha value is -2.15. The smallest absolute Gasteiger partial charge is 0.316 e. The molecule has 1 aliphatic carbocycles. The van der Waals surface area contributed by atoms with Crippen molar-refractivity contribution in [2.24, 2.45) is 0 Å². The van der Waals surface area contributed by atoms with Gasteiger partial charge in [0.25, 0.3) is 0 Å². The van der Waals surface area contributed by atoms with Gasteiger partial charge in [-0.3, -0.25) is 9.78 Å².